The molecule has 4 nitrogen and oxygen atoms in total. The van der Waals surface area contributed by atoms with Crippen LogP contribution in [0.2, 0.25) is 0 Å². The number of rotatable bonds is 1. The predicted octanol–water partition coefficient (Wildman–Crippen LogP) is 0.683. The van der Waals surface area contributed by atoms with Crippen molar-refractivity contribution in [1.82, 2.24) is 9.55 Å². The van der Waals surface area contributed by atoms with Crippen LogP contribution in [0.5, 0.6) is 0 Å². The van der Waals surface area contributed by atoms with Gasteiger partial charge in [-0.25, -0.2) is 4.98 Å². The van der Waals surface area contributed by atoms with Gasteiger partial charge < -0.3 is 9.67 Å². The summed E-state index contributed by atoms with van der Waals surface area (Å²) in [5, 5.41) is 6.89. The number of imidazole rings is 1. The van der Waals surface area contributed by atoms with Crippen LogP contribution in [-0.2, 0) is 18.3 Å². The van der Waals surface area contributed by atoms with Crippen molar-refractivity contribution in [3.8, 4) is 0 Å². The van der Waals surface area contributed by atoms with Gasteiger partial charge in [0.2, 0.25) is 0 Å². The second kappa shape index (κ2) is 5.46. The zero-order valence-corrected chi connectivity index (χ0v) is 6.69. The van der Waals surface area contributed by atoms with E-state index in [0.29, 0.717) is 0 Å². The number of carbonyl (C=O) groups is 1. The molecule has 0 fully saturated rings. The van der Waals surface area contributed by atoms with E-state index in [9.17, 15) is 0 Å². The standard InChI is InChI=1S/C6H10N2.CH2O2/c1-3-6-7-4-5-8(6)2;2-1-3/h4-5H,3H2,1-2H3;1H,(H,2,3). The van der Waals surface area contributed by atoms with Crippen LogP contribution in [0, 0.1) is 0 Å². The molecule has 1 aromatic heterocycles. The summed E-state index contributed by atoms with van der Waals surface area (Å²) in [6, 6.07) is 0. The van der Waals surface area contributed by atoms with Crippen LogP contribution in [-0.4, -0.2) is 21.1 Å². The fourth-order valence-corrected chi connectivity index (χ4v) is 0.737. The van der Waals surface area contributed by atoms with Crippen LogP contribution in [0.3, 0.4) is 0 Å². The van der Waals surface area contributed by atoms with Gasteiger partial charge in [0.05, 0.1) is 0 Å². The van der Waals surface area contributed by atoms with Gasteiger partial charge in [0, 0.05) is 25.9 Å². The molecule has 11 heavy (non-hydrogen) atoms. The van der Waals surface area contributed by atoms with Crippen molar-refractivity contribution in [2.45, 2.75) is 13.3 Å². The lowest BCUT2D eigenvalue weighted by Gasteiger charge is -1.92. The summed E-state index contributed by atoms with van der Waals surface area (Å²) in [6.45, 7) is 1.85. The third kappa shape index (κ3) is 3.40. The average molecular weight is 156 g/mol. The highest BCUT2D eigenvalue weighted by Gasteiger charge is 1.90. The van der Waals surface area contributed by atoms with E-state index in [2.05, 4.69) is 11.9 Å². The molecule has 1 heterocycles. The smallest absolute Gasteiger partial charge is 0.290 e. The van der Waals surface area contributed by atoms with Gasteiger partial charge in [-0.1, -0.05) is 6.92 Å². The fourth-order valence-electron chi connectivity index (χ4n) is 0.737. The zero-order valence-electron chi connectivity index (χ0n) is 6.69. The molecule has 0 aliphatic rings. The number of nitrogens with zero attached hydrogens (tertiary/aromatic N) is 2. The normalized spacial score (nSPS) is 8.18. The van der Waals surface area contributed by atoms with Gasteiger partial charge in [0.25, 0.3) is 6.47 Å². The first-order valence-corrected chi connectivity index (χ1v) is 3.30. The number of aryl methyl sites for hydroxylation is 2. The van der Waals surface area contributed by atoms with Gasteiger partial charge in [0.15, 0.2) is 0 Å². The Kier molecular flexibility index (Phi) is 4.81. The Hall–Kier alpha value is -1.32. The molecule has 0 bridgehead atoms. The third-order valence-electron chi connectivity index (χ3n) is 1.24. The molecule has 0 aliphatic heterocycles. The molecule has 0 spiro atoms. The summed E-state index contributed by atoms with van der Waals surface area (Å²) >= 11 is 0. The first kappa shape index (κ1) is 9.68. The highest BCUT2D eigenvalue weighted by Crippen LogP contribution is 1.92. The molecule has 0 aliphatic carbocycles. The summed E-state index contributed by atoms with van der Waals surface area (Å²) in [5.74, 6) is 1.14. The van der Waals surface area contributed by atoms with E-state index in [1.165, 1.54) is 0 Å². The van der Waals surface area contributed by atoms with E-state index in [-0.39, 0.29) is 6.47 Å². The Morgan fingerprint density at radius 2 is 2.36 bits per heavy atom. The average Bonchev–Trinajstić information content (AvgIpc) is 2.36. The molecule has 0 atom stereocenters. The van der Waals surface area contributed by atoms with E-state index >= 15 is 0 Å². The number of aromatic nitrogens is 2. The molecular formula is C7H12N2O2. The molecule has 4 heteroatoms. The Morgan fingerprint density at radius 3 is 2.55 bits per heavy atom. The largest absolute Gasteiger partial charge is 0.483 e. The maximum atomic E-state index is 8.36. The first-order chi connectivity index (χ1) is 5.26. The zero-order chi connectivity index (χ0) is 8.69. The molecule has 0 aromatic carbocycles. The SMILES string of the molecule is CCc1nccn1C.O=CO. The topological polar surface area (TPSA) is 55.1 Å². The van der Waals surface area contributed by atoms with E-state index < -0.39 is 0 Å². The van der Waals surface area contributed by atoms with Crippen LogP contribution in [0.1, 0.15) is 12.7 Å². The Balaban J connectivity index is 0.000000292. The van der Waals surface area contributed by atoms with Crippen molar-refractivity contribution in [2.75, 3.05) is 0 Å². The number of hydrogen-bond acceptors (Lipinski definition) is 2. The van der Waals surface area contributed by atoms with Gasteiger partial charge in [-0.2, -0.15) is 0 Å². The summed E-state index contributed by atoms with van der Waals surface area (Å²) in [7, 11) is 2.01. The van der Waals surface area contributed by atoms with Gasteiger partial charge in [-0.05, 0) is 0 Å². The molecule has 0 radical (unpaired) electrons. The highest BCUT2D eigenvalue weighted by atomic mass is 16.3. The molecule has 62 valence electrons. The van der Waals surface area contributed by atoms with Gasteiger partial charge >= 0.3 is 0 Å². The van der Waals surface area contributed by atoms with Crippen LogP contribution in [0.25, 0.3) is 0 Å². The molecule has 0 unspecified atom stereocenters. The minimum atomic E-state index is -0.250. The van der Waals surface area contributed by atoms with Gasteiger partial charge in [-0.15, -0.1) is 0 Å². The molecule has 0 saturated carbocycles. The monoisotopic (exact) mass is 156 g/mol. The summed E-state index contributed by atoms with van der Waals surface area (Å²) < 4.78 is 2.03. The Bertz CT molecular complexity index is 208. The third-order valence-corrected chi connectivity index (χ3v) is 1.24. The van der Waals surface area contributed by atoms with Crippen molar-refractivity contribution in [3.05, 3.63) is 18.2 Å². The summed E-state index contributed by atoms with van der Waals surface area (Å²) in [6.07, 6.45) is 4.79. The van der Waals surface area contributed by atoms with Crippen molar-refractivity contribution in [1.29, 1.82) is 0 Å². The minimum Gasteiger partial charge on any atom is -0.483 e. The van der Waals surface area contributed by atoms with Crippen molar-refractivity contribution >= 4 is 6.47 Å². The maximum absolute atomic E-state index is 8.36. The second-order valence-corrected chi connectivity index (χ2v) is 1.91. The Morgan fingerprint density at radius 1 is 1.82 bits per heavy atom. The van der Waals surface area contributed by atoms with Crippen LogP contribution in [0.4, 0.5) is 0 Å². The lowest BCUT2D eigenvalue weighted by molar-refractivity contribution is -0.122. The molecular weight excluding hydrogens is 144 g/mol. The first-order valence-electron chi connectivity index (χ1n) is 3.30. The second-order valence-electron chi connectivity index (χ2n) is 1.91. The van der Waals surface area contributed by atoms with E-state index in [4.69, 9.17) is 9.90 Å². The van der Waals surface area contributed by atoms with Crippen molar-refractivity contribution < 1.29 is 9.90 Å². The van der Waals surface area contributed by atoms with E-state index in [0.717, 1.165) is 12.2 Å². The predicted molar refractivity (Wildman–Crippen MR) is 41.3 cm³/mol. The van der Waals surface area contributed by atoms with E-state index in [1.807, 2.05) is 24.0 Å². The lowest BCUT2D eigenvalue weighted by atomic mass is 10.5. The lowest BCUT2D eigenvalue weighted by Crippen LogP contribution is -1.92. The fraction of sp³-hybridized carbons (Fsp3) is 0.429. The highest BCUT2D eigenvalue weighted by molar-refractivity contribution is 5.32. The molecule has 0 amide bonds. The van der Waals surface area contributed by atoms with Crippen LogP contribution in [0.15, 0.2) is 12.4 Å². The van der Waals surface area contributed by atoms with Crippen LogP contribution < -0.4 is 0 Å². The van der Waals surface area contributed by atoms with Gasteiger partial charge in [-0.3, -0.25) is 4.79 Å². The summed E-state index contributed by atoms with van der Waals surface area (Å²) in [4.78, 5) is 12.5. The Labute approximate surface area is 65.5 Å². The number of carboxylic acid groups (broad SMARTS) is 1. The maximum Gasteiger partial charge on any atom is 0.290 e. The van der Waals surface area contributed by atoms with E-state index in [1.54, 1.807) is 0 Å². The molecule has 0 saturated heterocycles. The van der Waals surface area contributed by atoms with Gasteiger partial charge in [0.1, 0.15) is 5.82 Å². The molecule has 1 aromatic rings. The molecule has 1 rings (SSSR count). The number of hydrogen-bond donors (Lipinski definition) is 1. The summed E-state index contributed by atoms with van der Waals surface area (Å²) in [5.41, 5.74) is 0. The minimum absolute atomic E-state index is 0.250. The van der Waals surface area contributed by atoms with Crippen molar-refractivity contribution in [3.63, 3.8) is 0 Å². The van der Waals surface area contributed by atoms with Crippen LogP contribution >= 0.6 is 0 Å². The molecule has 1 N–H and O–H groups in total. The quantitative estimate of drug-likeness (QED) is 0.608. The van der Waals surface area contributed by atoms with Crippen molar-refractivity contribution in [2.24, 2.45) is 7.05 Å².